The first-order chi connectivity index (χ1) is 18.2. The number of benzene rings is 4. The maximum atomic E-state index is 5.94. The van der Waals surface area contributed by atoms with Crippen LogP contribution in [0.1, 0.15) is 0 Å². The van der Waals surface area contributed by atoms with Gasteiger partial charge in [0.25, 0.3) is 12.0 Å². The van der Waals surface area contributed by atoms with Crippen molar-refractivity contribution in [3.05, 3.63) is 103 Å². The van der Waals surface area contributed by atoms with Crippen LogP contribution in [0.5, 0.6) is 0 Å². The molecule has 0 aliphatic heterocycles. The van der Waals surface area contributed by atoms with Gasteiger partial charge in [-0.2, -0.15) is 9.97 Å². The summed E-state index contributed by atoms with van der Waals surface area (Å²) in [6, 6.07) is 21.6. The van der Waals surface area contributed by atoms with E-state index in [1.165, 1.54) is 0 Å². The predicted octanol–water partition coefficient (Wildman–Crippen LogP) is 11.1. The Labute approximate surface area is 246 Å². The van der Waals surface area contributed by atoms with Crippen LogP contribution in [-0.4, -0.2) is 9.97 Å². The monoisotopic (exact) mass is 624 g/mol. The van der Waals surface area contributed by atoms with Gasteiger partial charge in [-0.3, -0.25) is 0 Å². The van der Waals surface area contributed by atoms with Gasteiger partial charge in [0, 0.05) is 21.4 Å². The maximum absolute atomic E-state index is 5.94. The van der Waals surface area contributed by atoms with E-state index < -0.39 is 0 Å². The highest BCUT2D eigenvalue weighted by atomic mass is 35.5. The Hall–Kier alpha value is -2.84. The van der Waals surface area contributed by atoms with Crippen LogP contribution >= 0.6 is 69.6 Å². The number of halogens is 6. The van der Waals surface area contributed by atoms with E-state index >= 15 is 0 Å². The average Bonchev–Trinajstić information content (AvgIpc) is 3.46. The van der Waals surface area contributed by atoms with Crippen LogP contribution in [0.2, 0.25) is 30.1 Å². The molecular formula is C26H14Cl6N4O2. The first kappa shape index (κ1) is 26.8. The molecule has 38 heavy (non-hydrogen) atoms. The highest BCUT2D eigenvalue weighted by Crippen LogP contribution is 2.30. The Morgan fingerprint density at radius 2 is 0.895 bits per heavy atom. The topological polar surface area (TPSA) is 76.1 Å². The SMILES string of the molecule is Clc1ccc2oc(Nc3ccc(Cl)c(Cl)c3)nc2c1.Clc1ccc2oc(Nc3ccc(Cl)c(Cl)c3)nc2c1. The van der Waals surface area contributed by atoms with Gasteiger partial charge in [0.05, 0.1) is 20.1 Å². The molecule has 0 unspecified atom stereocenters. The summed E-state index contributed by atoms with van der Waals surface area (Å²) in [5.41, 5.74) is 4.18. The summed E-state index contributed by atoms with van der Waals surface area (Å²) < 4.78 is 11.1. The smallest absolute Gasteiger partial charge is 0.300 e. The molecule has 192 valence electrons. The Bertz CT molecular complexity index is 1640. The number of hydrogen-bond donors (Lipinski definition) is 2. The van der Waals surface area contributed by atoms with Crippen molar-refractivity contribution in [1.82, 2.24) is 9.97 Å². The third kappa shape index (κ3) is 6.41. The number of rotatable bonds is 4. The zero-order valence-electron chi connectivity index (χ0n) is 18.9. The van der Waals surface area contributed by atoms with Crippen LogP contribution in [0, 0.1) is 0 Å². The van der Waals surface area contributed by atoms with E-state index in [-0.39, 0.29) is 0 Å². The number of oxazole rings is 2. The van der Waals surface area contributed by atoms with E-state index in [2.05, 4.69) is 20.6 Å². The summed E-state index contributed by atoms with van der Waals surface area (Å²) in [5, 5.41) is 9.18. The van der Waals surface area contributed by atoms with Crippen LogP contribution in [0.4, 0.5) is 23.4 Å². The number of fused-ring (bicyclic) bond motifs is 2. The largest absolute Gasteiger partial charge is 0.423 e. The second-order valence-corrected chi connectivity index (χ2v) is 10.3. The van der Waals surface area contributed by atoms with Crippen molar-refractivity contribution in [2.24, 2.45) is 0 Å². The molecule has 0 fully saturated rings. The van der Waals surface area contributed by atoms with Gasteiger partial charge in [-0.25, -0.2) is 0 Å². The van der Waals surface area contributed by atoms with Gasteiger partial charge in [0.1, 0.15) is 11.0 Å². The van der Waals surface area contributed by atoms with Crippen LogP contribution in [0.15, 0.2) is 81.6 Å². The third-order valence-corrected chi connectivity index (χ3v) is 6.99. The fourth-order valence-electron chi connectivity index (χ4n) is 3.30. The lowest BCUT2D eigenvalue weighted by Crippen LogP contribution is -1.89. The molecule has 6 nitrogen and oxygen atoms in total. The molecule has 12 heteroatoms. The lowest BCUT2D eigenvalue weighted by Gasteiger charge is -2.02. The minimum atomic E-state index is 0.371. The van der Waals surface area contributed by atoms with Crippen LogP contribution in [0.3, 0.4) is 0 Å². The first-order valence-electron chi connectivity index (χ1n) is 10.8. The Morgan fingerprint density at radius 3 is 1.29 bits per heavy atom. The summed E-state index contributed by atoms with van der Waals surface area (Å²) in [6.45, 7) is 0. The lowest BCUT2D eigenvalue weighted by atomic mass is 10.3. The molecule has 2 heterocycles. The van der Waals surface area contributed by atoms with E-state index in [4.69, 9.17) is 78.4 Å². The van der Waals surface area contributed by atoms with E-state index in [9.17, 15) is 0 Å². The van der Waals surface area contributed by atoms with E-state index in [0.29, 0.717) is 64.4 Å². The standard InChI is InChI=1S/2C13H7Cl3N2O/c2*14-7-1-4-12-11(5-7)18-13(19-12)17-8-2-3-9(15)10(16)6-8/h2*1-6H,(H,17,18). The molecule has 6 aromatic rings. The molecule has 0 bridgehead atoms. The molecule has 0 aliphatic rings. The summed E-state index contributed by atoms with van der Waals surface area (Å²) in [5.74, 6) is 0. The quantitative estimate of drug-likeness (QED) is 0.203. The number of hydrogen-bond acceptors (Lipinski definition) is 6. The van der Waals surface area contributed by atoms with Crippen LogP contribution in [-0.2, 0) is 0 Å². The number of nitrogens with zero attached hydrogens (tertiary/aromatic N) is 2. The fraction of sp³-hybridized carbons (Fsp3) is 0. The van der Waals surface area contributed by atoms with Gasteiger partial charge in [-0.1, -0.05) is 69.6 Å². The number of aromatic nitrogens is 2. The molecule has 0 amide bonds. The van der Waals surface area contributed by atoms with Crippen molar-refractivity contribution in [3.8, 4) is 0 Å². The number of anilines is 4. The van der Waals surface area contributed by atoms with Crippen LogP contribution in [0.25, 0.3) is 22.2 Å². The summed E-state index contributed by atoms with van der Waals surface area (Å²) in [6.07, 6.45) is 0. The van der Waals surface area contributed by atoms with Crippen molar-refractivity contribution < 1.29 is 8.83 Å². The molecule has 0 aliphatic carbocycles. The zero-order valence-corrected chi connectivity index (χ0v) is 23.4. The summed E-state index contributed by atoms with van der Waals surface area (Å²) >= 11 is 35.4. The van der Waals surface area contributed by atoms with Gasteiger partial charge >= 0.3 is 0 Å². The van der Waals surface area contributed by atoms with Crippen molar-refractivity contribution in [2.45, 2.75) is 0 Å². The third-order valence-electron chi connectivity index (χ3n) is 5.04. The molecule has 0 saturated heterocycles. The van der Waals surface area contributed by atoms with Crippen molar-refractivity contribution in [3.63, 3.8) is 0 Å². The predicted molar refractivity (Wildman–Crippen MR) is 158 cm³/mol. The molecule has 0 radical (unpaired) electrons. The molecule has 2 aromatic heterocycles. The van der Waals surface area contributed by atoms with Gasteiger partial charge in [-0.05, 0) is 72.8 Å². The van der Waals surface area contributed by atoms with E-state index in [0.717, 1.165) is 11.4 Å². The molecule has 4 aromatic carbocycles. The van der Waals surface area contributed by atoms with E-state index in [1.807, 2.05) is 0 Å². The van der Waals surface area contributed by atoms with Gasteiger partial charge < -0.3 is 19.5 Å². The number of nitrogens with one attached hydrogen (secondary N) is 2. The van der Waals surface area contributed by atoms with Crippen molar-refractivity contribution in [1.29, 1.82) is 0 Å². The molecule has 0 atom stereocenters. The second-order valence-electron chi connectivity index (χ2n) is 7.77. The normalized spacial score (nSPS) is 10.9. The average molecular weight is 627 g/mol. The summed E-state index contributed by atoms with van der Waals surface area (Å²) in [7, 11) is 0. The minimum absolute atomic E-state index is 0.371. The van der Waals surface area contributed by atoms with Crippen molar-refractivity contribution in [2.75, 3.05) is 10.6 Å². The highest BCUT2D eigenvalue weighted by Gasteiger charge is 2.09. The van der Waals surface area contributed by atoms with Crippen molar-refractivity contribution >= 4 is 115 Å². The first-order valence-corrected chi connectivity index (χ1v) is 13.1. The highest BCUT2D eigenvalue weighted by molar-refractivity contribution is 6.42. The maximum Gasteiger partial charge on any atom is 0.300 e. The zero-order chi connectivity index (χ0) is 26.8. The molecule has 0 saturated carbocycles. The van der Waals surface area contributed by atoms with Crippen LogP contribution < -0.4 is 10.6 Å². The second kappa shape index (κ2) is 11.5. The van der Waals surface area contributed by atoms with Gasteiger partial charge in [0.15, 0.2) is 11.2 Å². The lowest BCUT2D eigenvalue weighted by molar-refractivity contribution is 0.622. The molecule has 0 spiro atoms. The Morgan fingerprint density at radius 1 is 0.474 bits per heavy atom. The summed E-state index contributed by atoms with van der Waals surface area (Å²) in [4.78, 5) is 8.57. The van der Waals surface area contributed by atoms with Gasteiger partial charge in [-0.15, -0.1) is 0 Å². The Balaban J connectivity index is 0.000000155. The Kier molecular flexibility index (Phi) is 8.09. The van der Waals surface area contributed by atoms with E-state index in [1.54, 1.807) is 72.8 Å². The molecule has 2 N–H and O–H groups in total. The fourth-order valence-corrected chi connectivity index (χ4v) is 4.23. The molecular weight excluding hydrogens is 613 g/mol. The van der Waals surface area contributed by atoms with Gasteiger partial charge in [0.2, 0.25) is 0 Å². The molecule has 6 rings (SSSR count). The minimum Gasteiger partial charge on any atom is -0.423 e.